The largest absolute Gasteiger partial charge is 0.493 e. The van der Waals surface area contributed by atoms with Crippen molar-refractivity contribution >= 4 is 102 Å². The van der Waals surface area contributed by atoms with E-state index < -0.39 is 37.8 Å². The highest BCUT2D eigenvalue weighted by atomic mass is 33.1. The van der Waals surface area contributed by atoms with Gasteiger partial charge in [-0.2, -0.15) is 8.42 Å². The van der Waals surface area contributed by atoms with Gasteiger partial charge in [0.2, 0.25) is 11.8 Å². The van der Waals surface area contributed by atoms with E-state index in [9.17, 15) is 41.7 Å². The zero-order valence-electron chi connectivity index (χ0n) is 44.8. The molecule has 0 bridgehead atoms. The van der Waals surface area contributed by atoms with Crippen molar-refractivity contribution in [2.75, 3.05) is 60.0 Å². The van der Waals surface area contributed by atoms with Gasteiger partial charge in [-0.1, -0.05) is 58.0 Å². The smallest absolute Gasteiger partial charge is 0.276 e. The van der Waals surface area contributed by atoms with E-state index in [1.54, 1.807) is 47.5 Å². The van der Waals surface area contributed by atoms with Crippen LogP contribution in [-0.2, 0) is 55.4 Å². The molecule has 0 aromatic heterocycles. The quantitative estimate of drug-likeness (QED) is 0.0224. The van der Waals surface area contributed by atoms with Crippen LogP contribution >= 0.6 is 21.6 Å². The van der Waals surface area contributed by atoms with E-state index in [0.29, 0.717) is 81.7 Å². The van der Waals surface area contributed by atoms with Gasteiger partial charge in [0, 0.05) is 90.5 Å². The van der Waals surface area contributed by atoms with Crippen LogP contribution in [0.3, 0.4) is 0 Å². The molecular formula is C58H59N7O13S3. The number of carbonyl (C=O) groups excluding carboxylic acids is 6. The van der Waals surface area contributed by atoms with Crippen LogP contribution in [0.5, 0.6) is 23.0 Å². The van der Waals surface area contributed by atoms with Crippen molar-refractivity contribution in [2.24, 2.45) is 4.99 Å². The van der Waals surface area contributed by atoms with Crippen molar-refractivity contribution in [3.05, 3.63) is 137 Å². The third-order valence-electron chi connectivity index (χ3n) is 14.5. The molecule has 0 saturated carbocycles. The maximum absolute atomic E-state index is 14.1. The summed E-state index contributed by atoms with van der Waals surface area (Å²) in [6.45, 7) is 4.04. The average molecular weight is 1160 g/mol. The number of anilines is 4. The fourth-order valence-electron chi connectivity index (χ4n) is 10.4. The first-order valence-corrected chi connectivity index (χ1v) is 30.0. The number of ether oxygens (including phenoxy) is 4. The van der Waals surface area contributed by atoms with Crippen LogP contribution in [0.25, 0.3) is 0 Å². The minimum Gasteiger partial charge on any atom is -0.493 e. The van der Waals surface area contributed by atoms with Gasteiger partial charge in [0.1, 0.15) is 13.2 Å². The fourth-order valence-corrected chi connectivity index (χ4v) is 14.0. The molecule has 0 aliphatic carbocycles. The van der Waals surface area contributed by atoms with Gasteiger partial charge in [-0.25, -0.2) is 0 Å². The molecule has 5 heterocycles. The highest BCUT2D eigenvalue weighted by Gasteiger charge is 2.39. The fraction of sp³-hybridized carbons (Fsp3) is 0.328. The zero-order valence-corrected chi connectivity index (χ0v) is 47.2. The molecular weight excluding hydrogens is 1100 g/mol. The second kappa shape index (κ2) is 23.7. The molecule has 20 nitrogen and oxygen atoms in total. The Kier molecular flexibility index (Phi) is 16.5. The number of aliphatic imine (C=N–C) groups is 1. The monoisotopic (exact) mass is 1160 g/mol. The van der Waals surface area contributed by atoms with Crippen molar-refractivity contribution in [3.8, 4) is 23.0 Å². The molecule has 1 unspecified atom stereocenters. The molecule has 0 radical (unpaired) electrons. The molecule has 422 valence electrons. The second-order valence-electron chi connectivity index (χ2n) is 20.5. The Morgan fingerprint density at radius 2 is 1.42 bits per heavy atom. The molecule has 81 heavy (non-hydrogen) atoms. The maximum atomic E-state index is 14.1. The lowest BCUT2D eigenvalue weighted by Crippen LogP contribution is -2.44. The lowest BCUT2D eigenvalue weighted by atomic mass is 10.1. The molecule has 4 N–H and O–H groups in total. The highest BCUT2D eigenvalue weighted by molar-refractivity contribution is 8.77. The predicted octanol–water partition coefficient (Wildman–Crippen LogP) is 7.71. The van der Waals surface area contributed by atoms with Crippen LogP contribution in [0.4, 0.5) is 28.4 Å². The lowest BCUT2D eigenvalue weighted by Gasteiger charge is -2.23. The number of hydrogen-bond acceptors (Lipinski definition) is 16. The van der Waals surface area contributed by atoms with Gasteiger partial charge in [0.15, 0.2) is 28.2 Å². The van der Waals surface area contributed by atoms with Crippen LogP contribution in [0.1, 0.15) is 76.1 Å². The standard InChI is InChI=1S/C58H59N7O13S3/c1-58(2,80-79-20-16-51(81(72,73)74)55(69)59-18-19-63-53(67)13-14-54(63)68)17-15-52(66)62-38-22-34(32-77-49-28-43-41(26-47(49)75-3)56(70)64-39(30-60-43)24-36-9-5-7-11-45(36)64)21-35(23-38)33-78-50-29-44-42(27-48(50)76-4)57(71)65-40(31-61-44)25-37-10-6-8-12-46(37)65/h5-14,21-23,26-30,39-40,51,61H,15-20,24-25,31-33H2,1-4H3,(H,59,69)(H,62,66)(H,72,73,74)/t39-,40+,51?/m0/s1. The average Bonchev–Trinajstić information content (AvgIpc) is 4.28. The van der Waals surface area contributed by atoms with E-state index in [-0.39, 0.29) is 74.7 Å². The van der Waals surface area contributed by atoms with Crippen molar-refractivity contribution in [1.82, 2.24) is 10.2 Å². The topological polar surface area (TPSA) is 252 Å². The Morgan fingerprint density at radius 1 is 0.802 bits per heavy atom. The summed E-state index contributed by atoms with van der Waals surface area (Å²) in [5.74, 6) is -1.13. The number of para-hydroxylation sites is 2. The number of nitrogens with zero attached hydrogens (tertiary/aromatic N) is 4. The molecule has 5 aliphatic rings. The highest BCUT2D eigenvalue weighted by Crippen LogP contribution is 2.44. The first-order chi connectivity index (χ1) is 38.9. The predicted molar refractivity (Wildman–Crippen MR) is 310 cm³/mol. The number of imide groups is 1. The van der Waals surface area contributed by atoms with E-state index in [1.807, 2.05) is 73.3 Å². The van der Waals surface area contributed by atoms with Crippen LogP contribution in [0.2, 0.25) is 0 Å². The summed E-state index contributed by atoms with van der Waals surface area (Å²) in [7, 11) is 0.903. The van der Waals surface area contributed by atoms with Gasteiger partial charge < -0.3 is 39.8 Å². The number of hydrogen-bond donors (Lipinski definition) is 4. The molecule has 6 amide bonds. The van der Waals surface area contributed by atoms with Gasteiger partial charge in [-0.15, -0.1) is 0 Å². The Balaban J connectivity index is 0.821. The second-order valence-corrected chi connectivity index (χ2v) is 25.3. The van der Waals surface area contributed by atoms with E-state index in [1.165, 1.54) is 35.8 Å². The Bertz CT molecular complexity index is 3520. The van der Waals surface area contributed by atoms with Gasteiger partial charge in [0.05, 0.1) is 48.8 Å². The molecule has 23 heteroatoms. The Labute approximate surface area is 476 Å². The molecule has 10 rings (SSSR count). The summed E-state index contributed by atoms with van der Waals surface area (Å²) in [6.07, 6.45) is 5.61. The SMILES string of the molecule is COc1cc2c(cc1OCc1cc(COc3cc4c(cc3OC)C(=O)N3c5ccccc5C[C@@H]3CN4)cc(NC(=O)CCC(C)(C)SSCCC(C(=O)NCCN3C(=O)C=CC3=O)S(=O)(=O)O)c1)N=C[C@@H]1Cc3ccccc3N1C2=O. The molecule has 3 atom stereocenters. The number of rotatable bonds is 22. The summed E-state index contributed by atoms with van der Waals surface area (Å²) >= 11 is 0. The van der Waals surface area contributed by atoms with E-state index >= 15 is 0 Å². The van der Waals surface area contributed by atoms with E-state index in [0.717, 1.165) is 46.0 Å². The van der Waals surface area contributed by atoms with Crippen molar-refractivity contribution < 1.29 is 60.7 Å². The normalized spacial score (nSPS) is 17.2. The van der Waals surface area contributed by atoms with Crippen LogP contribution in [0, 0.1) is 0 Å². The summed E-state index contributed by atoms with van der Waals surface area (Å²) in [6, 6.07) is 27.6. The summed E-state index contributed by atoms with van der Waals surface area (Å²) < 4.78 is 58.3. The number of amides is 6. The van der Waals surface area contributed by atoms with Gasteiger partial charge in [-0.05, 0) is 97.8 Å². The van der Waals surface area contributed by atoms with Crippen molar-refractivity contribution in [1.29, 1.82) is 0 Å². The summed E-state index contributed by atoms with van der Waals surface area (Å²) in [4.78, 5) is 87.8. The first kappa shape index (κ1) is 56.4. The number of fused-ring (bicyclic) bond motifs is 8. The summed E-state index contributed by atoms with van der Waals surface area (Å²) in [5, 5.41) is 7.12. The van der Waals surface area contributed by atoms with Crippen LogP contribution in [0.15, 0.2) is 108 Å². The minimum absolute atomic E-state index is 0.0000351. The first-order valence-electron chi connectivity index (χ1n) is 26.2. The molecule has 0 spiro atoms. The minimum atomic E-state index is -4.79. The zero-order chi connectivity index (χ0) is 57.2. The number of benzene rings is 5. The third-order valence-corrected chi connectivity index (χ3v) is 19.0. The summed E-state index contributed by atoms with van der Waals surface area (Å²) in [5.41, 5.74) is 7.54. The van der Waals surface area contributed by atoms with Gasteiger partial charge in [0.25, 0.3) is 33.7 Å². The maximum Gasteiger partial charge on any atom is 0.276 e. The number of carbonyl (C=O) groups is 6. The molecule has 0 saturated heterocycles. The third kappa shape index (κ3) is 12.4. The van der Waals surface area contributed by atoms with Crippen LogP contribution in [-0.4, -0.2) is 121 Å². The molecule has 5 aliphatic heterocycles. The van der Waals surface area contributed by atoms with E-state index in [4.69, 9.17) is 23.9 Å². The van der Waals surface area contributed by atoms with Crippen LogP contribution < -0.4 is 44.7 Å². The molecule has 5 aromatic carbocycles. The van der Waals surface area contributed by atoms with Crippen molar-refractivity contribution in [2.45, 2.75) is 81.2 Å². The molecule has 5 aromatic rings. The van der Waals surface area contributed by atoms with Crippen molar-refractivity contribution in [3.63, 3.8) is 0 Å². The van der Waals surface area contributed by atoms with E-state index in [2.05, 4.69) is 16.0 Å². The number of nitrogens with one attached hydrogen (secondary N) is 3. The van der Waals surface area contributed by atoms with Gasteiger partial charge >= 0.3 is 0 Å². The number of methoxy groups -OCH3 is 2. The Morgan fingerprint density at radius 3 is 2.09 bits per heavy atom. The lowest BCUT2D eigenvalue weighted by molar-refractivity contribution is -0.137. The van der Waals surface area contributed by atoms with Gasteiger partial charge in [-0.3, -0.25) is 48.1 Å². The molecule has 0 fully saturated rings. The Hall–Kier alpha value is -7.86.